The molecule has 4 amide bonds. The second-order valence-corrected chi connectivity index (χ2v) is 7.99. The van der Waals surface area contributed by atoms with Gasteiger partial charge in [-0.3, -0.25) is 19.2 Å². The van der Waals surface area contributed by atoms with Crippen molar-refractivity contribution in [1.82, 2.24) is 16.0 Å². The Morgan fingerprint density at radius 3 is 1.93 bits per heavy atom. The summed E-state index contributed by atoms with van der Waals surface area (Å²) in [4.78, 5) is 43.7. The molecule has 0 aromatic rings. The van der Waals surface area contributed by atoms with E-state index in [2.05, 4.69) is 34.5 Å². The number of hydrogen-bond donors (Lipinski definition) is 4. The summed E-state index contributed by atoms with van der Waals surface area (Å²) in [6.45, 7) is 8.00. The number of nitrogens with two attached hydrogens (primary N) is 1. The first-order valence-corrected chi connectivity index (χ1v) is 11.4. The maximum absolute atomic E-state index is 11.9. The van der Waals surface area contributed by atoms with E-state index >= 15 is 0 Å². The van der Waals surface area contributed by atoms with Crippen LogP contribution in [0.25, 0.3) is 0 Å². The average Bonchev–Trinajstić information content (AvgIpc) is 2.64. The van der Waals surface area contributed by atoms with E-state index in [1.54, 1.807) is 0 Å². The number of terminal acetylenes is 1. The van der Waals surface area contributed by atoms with E-state index in [0.717, 1.165) is 12.8 Å². The van der Waals surface area contributed by atoms with Crippen molar-refractivity contribution >= 4 is 45.2 Å². The summed E-state index contributed by atoms with van der Waals surface area (Å²) in [6, 6.07) is -0.532. The Hall–Kier alpha value is -1.86. The van der Waals surface area contributed by atoms with Crippen LogP contribution in [0, 0.1) is 12.8 Å². The Balaban J connectivity index is -0.000000916. The fourth-order valence-corrected chi connectivity index (χ4v) is 3.62. The number of rotatable bonds is 12. The summed E-state index contributed by atoms with van der Waals surface area (Å²) in [5.41, 5.74) is 4.47. The third kappa shape index (κ3) is 26.4. The molecule has 28 heavy (non-hydrogen) atoms. The Kier molecular flexibility index (Phi) is 25.5. The number of nitrogens with one attached hydrogen (secondary N) is 3. The number of amides is 4. The fourth-order valence-electron chi connectivity index (χ4n) is 1.46. The van der Waals surface area contributed by atoms with Gasteiger partial charge in [0.2, 0.25) is 23.6 Å². The van der Waals surface area contributed by atoms with E-state index in [4.69, 9.17) is 0 Å². The molecule has 5 N–H and O–H groups in total. The van der Waals surface area contributed by atoms with Crippen LogP contribution >= 0.6 is 21.6 Å². The predicted molar refractivity (Wildman–Crippen MR) is 118 cm³/mol. The molecule has 0 aliphatic carbocycles. The van der Waals surface area contributed by atoms with Crippen LogP contribution in [0.4, 0.5) is 0 Å². The monoisotopic (exact) mass is 434 g/mol. The third-order valence-electron chi connectivity index (χ3n) is 2.55. The Morgan fingerprint density at radius 1 is 0.964 bits per heavy atom. The molecule has 0 saturated heterocycles. The Morgan fingerprint density at radius 2 is 1.46 bits per heavy atom. The summed E-state index contributed by atoms with van der Waals surface area (Å²) in [7, 11) is 3.03. The molecule has 0 heterocycles. The number of hydrogen-bond acceptors (Lipinski definition) is 6. The second-order valence-electron chi connectivity index (χ2n) is 5.36. The highest BCUT2D eigenvalue weighted by molar-refractivity contribution is 8.76. The van der Waals surface area contributed by atoms with Gasteiger partial charge in [-0.05, 0) is 12.8 Å². The van der Waals surface area contributed by atoms with E-state index in [1.165, 1.54) is 35.4 Å². The number of carbonyl (C=O) groups is 4. The minimum Gasteiger partial charge on any atom is -0.370 e. The highest BCUT2D eigenvalue weighted by Crippen LogP contribution is 2.22. The molecule has 0 fully saturated rings. The molecule has 0 aromatic heterocycles. The van der Waals surface area contributed by atoms with Crippen LogP contribution in [0.5, 0.6) is 0 Å². The van der Waals surface area contributed by atoms with Gasteiger partial charge in [0.25, 0.3) is 0 Å². The fraction of sp³-hybridized carbons (Fsp3) is 0.667. The molecule has 0 unspecified atom stereocenters. The van der Waals surface area contributed by atoms with E-state index in [9.17, 15) is 19.2 Å². The standard InChI is InChI=1S/C14H27N3O3S2.C2H5NO.C2H2/c1-4-7-15-13(19)6-9-21-22-10-12(17-11(3)18)14(20)16-8-5-2;1-2(3)4;1-2/h12H,4-10H2,1-3H3,(H,15,19)(H,16,20)(H,17,18);1H3,(H2,3,4);1-2H/t12-;;/m0../s1. The van der Waals surface area contributed by atoms with Crippen molar-refractivity contribution in [3.63, 3.8) is 0 Å². The second kappa shape index (κ2) is 23.2. The van der Waals surface area contributed by atoms with Gasteiger partial charge in [-0.2, -0.15) is 0 Å². The summed E-state index contributed by atoms with van der Waals surface area (Å²) < 4.78 is 0. The van der Waals surface area contributed by atoms with Gasteiger partial charge in [0.1, 0.15) is 6.04 Å². The minimum absolute atomic E-state index is 0.0500. The summed E-state index contributed by atoms with van der Waals surface area (Å²) in [5, 5.41) is 8.25. The zero-order valence-corrected chi connectivity index (χ0v) is 18.8. The van der Waals surface area contributed by atoms with Crippen LogP contribution in [0.1, 0.15) is 47.0 Å². The molecular weight excluding hydrogens is 400 g/mol. The molecule has 0 rings (SSSR count). The van der Waals surface area contributed by atoms with Gasteiger partial charge in [0.05, 0.1) is 0 Å². The lowest BCUT2D eigenvalue weighted by Crippen LogP contribution is -2.47. The first-order valence-electron chi connectivity index (χ1n) is 8.89. The zero-order valence-electron chi connectivity index (χ0n) is 17.2. The highest BCUT2D eigenvalue weighted by atomic mass is 33.1. The molecular formula is C18H34N4O4S2. The van der Waals surface area contributed by atoms with Crippen LogP contribution in [0.2, 0.25) is 0 Å². The van der Waals surface area contributed by atoms with Crippen molar-refractivity contribution in [1.29, 1.82) is 0 Å². The van der Waals surface area contributed by atoms with Crippen LogP contribution in [0.3, 0.4) is 0 Å². The summed E-state index contributed by atoms with van der Waals surface area (Å²) >= 11 is 0. The van der Waals surface area contributed by atoms with E-state index in [1.807, 2.05) is 13.8 Å². The molecule has 8 nitrogen and oxygen atoms in total. The van der Waals surface area contributed by atoms with Crippen molar-refractivity contribution in [2.45, 2.75) is 53.0 Å². The van der Waals surface area contributed by atoms with Gasteiger partial charge >= 0.3 is 0 Å². The smallest absolute Gasteiger partial charge is 0.243 e. The van der Waals surface area contributed by atoms with Crippen LogP contribution < -0.4 is 21.7 Å². The summed E-state index contributed by atoms with van der Waals surface area (Å²) in [6.07, 6.45) is 10.2. The van der Waals surface area contributed by atoms with Crippen molar-refractivity contribution in [2.24, 2.45) is 5.73 Å². The predicted octanol–water partition coefficient (Wildman–Crippen LogP) is 1.06. The largest absolute Gasteiger partial charge is 0.370 e. The number of carbonyl (C=O) groups excluding carboxylic acids is 4. The molecule has 1 atom stereocenters. The van der Waals surface area contributed by atoms with E-state index in [-0.39, 0.29) is 23.6 Å². The normalized spacial score (nSPS) is 10.1. The molecule has 0 bridgehead atoms. The van der Waals surface area contributed by atoms with Crippen molar-refractivity contribution in [2.75, 3.05) is 24.6 Å². The lowest BCUT2D eigenvalue weighted by Gasteiger charge is -2.16. The number of primary amides is 1. The van der Waals surface area contributed by atoms with Crippen LogP contribution in [0.15, 0.2) is 0 Å². The first-order chi connectivity index (χ1) is 13.2. The lowest BCUT2D eigenvalue weighted by molar-refractivity contribution is -0.127. The Labute approximate surface area is 176 Å². The molecule has 0 saturated carbocycles. The molecule has 0 aliphatic rings. The van der Waals surface area contributed by atoms with Gasteiger partial charge in [0, 0.05) is 44.9 Å². The maximum atomic E-state index is 11.9. The topological polar surface area (TPSA) is 130 Å². The van der Waals surface area contributed by atoms with Gasteiger partial charge in [0.15, 0.2) is 0 Å². The Bertz CT molecular complexity index is 470. The van der Waals surface area contributed by atoms with Crippen molar-refractivity contribution in [3.05, 3.63) is 0 Å². The molecule has 0 spiro atoms. The quantitative estimate of drug-likeness (QED) is 0.206. The van der Waals surface area contributed by atoms with E-state index in [0.29, 0.717) is 31.0 Å². The van der Waals surface area contributed by atoms with Gasteiger partial charge in [-0.1, -0.05) is 35.4 Å². The van der Waals surface area contributed by atoms with Gasteiger partial charge in [-0.25, -0.2) is 0 Å². The lowest BCUT2D eigenvalue weighted by atomic mass is 10.3. The first kappa shape index (κ1) is 30.9. The third-order valence-corrected chi connectivity index (χ3v) is 4.96. The van der Waals surface area contributed by atoms with Crippen molar-refractivity contribution in [3.8, 4) is 12.8 Å². The SMILES string of the molecule is C#C.CC(N)=O.CCCNC(=O)CCSSC[C@H](NC(C)=O)C(=O)NCCC. The van der Waals surface area contributed by atoms with E-state index < -0.39 is 6.04 Å². The molecule has 0 aliphatic heterocycles. The average molecular weight is 435 g/mol. The molecule has 0 radical (unpaired) electrons. The van der Waals surface area contributed by atoms with Gasteiger partial charge < -0.3 is 21.7 Å². The summed E-state index contributed by atoms with van der Waals surface area (Å²) in [5.74, 6) is 0.501. The molecule has 0 aromatic carbocycles. The minimum atomic E-state index is -0.532. The van der Waals surface area contributed by atoms with Crippen LogP contribution in [-0.4, -0.2) is 54.3 Å². The molecule has 162 valence electrons. The highest BCUT2D eigenvalue weighted by Gasteiger charge is 2.18. The maximum Gasteiger partial charge on any atom is 0.243 e. The van der Waals surface area contributed by atoms with Gasteiger partial charge in [-0.15, -0.1) is 12.8 Å². The zero-order chi connectivity index (χ0) is 22.4. The molecule has 10 heteroatoms. The van der Waals surface area contributed by atoms with Crippen molar-refractivity contribution < 1.29 is 19.2 Å². The van der Waals surface area contributed by atoms with Crippen LogP contribution in [-0.2, 0) is 19.2 Å².